The molecule has 1 heterocycles. The highest BCUT2D eigenvalue weighted by Gasteiger charge is 2.31. The van der Waals surface area contributed by atoms with E-state index in [1.54, 1.807) is 0 Å². The molecular formula is C11H8F4N4. The summed E-state index contributed by atoms with van der Waals surface area (Å²) in [7, 11) is 1.48. The van der Waals surface area contributed by atoms with Gasteiger partial charge in [0, 0.05) is 18.8 Å². The van der Waals surface area contributed by atoms with Crippen LogP contribution in [0.5, 0.6) is 0 Å². The molecule has 100 valence electrons. The minimum atomic E-state index is -4.63. The molecule has 0 unspecified atom stereocenters. The summed E-state index contributed by atoms with van der Waals surface area (Å²) in [4.78, 5) is 3.71. The van der Waals surface area contributed by atoms with Gasteiger partial charge in [-0.15, -0.1) is 5.10 Å². The van der Waals surface area contributed by atoms with E-state index in [-0.39, 0.29) is 11.3 Å². The molecule has 0 spiro atoms. The van der Waals surface area contributed by atoms with E-state index in [1.165, 1.54) is 13.3 Å². The molecule has 1 aromatic heterocycles. The fraction of sp³-hybridized carbons (Fsp3) is 0.182. The lowest BCUT2D eigenvalue weighted by Crippen LogP contribution is -2.06. The topological polar surface area (TPSA) is 53.9 Å². The number of hydrogen-bond donors (Lipinski definition) is 1. The number of rotatable bonds is 2. The average Bonchev–Trinajstić information content (AvgIpc) is 2.76. The van der Waals surface area contributed by atoms with Crippen molar-refractivity contribution in [1.29, 1.82) is 0 Å². The highest BCUT2D eigenvalue weighted by molar-refractivity contribution is 5.86. The molecule has 2 rings (SSSR count). The zero-order valence-electron chi connectivity index (χ0n) is 9.66. The van der Waals surface area contributed by atoms with Crippen molar-refractivity contribution in [3.63, 3.8) is 0 Å². The van der Waals surface area contributed by atoms with Crippen LogP contribution in [0.2, 0.25) is 0 Å². The fourth-order valence-corrected chi connectivity index (χ4v) is 1.56. The summed E-state index contributed by atoms with van der Waals surface area (Å²) in [5.41, 5.74) is -0.683. The highest BCUT2D eigenvalue weighted by atomic mass is 19.4. The van der Waals surface area contributed by atoms with Crippen molar-refractivity contribution >= 4 is 6.21 Å². The maximum atomic E-state index is 13.3. The normalized spacial score (nSPS) is 12.3. The Balaban J connectivity index is 2.56. The van der Waals surface area contributed by atoms with Gasteiger partial charge in [-0.2, -0.15) is 13.2 Å². The Bertz CT molecular complexity index is 615. The van der Waals surface area contributed by atoms with Crippen molar-refractivity contribution in [3.8, 4) is 11.3 Å². The molecule has 4 nitrogen and oxygen atoms in total. The molecular weight excluding hydrogens is 264 g/mol. The van der Waals surface area contributed by atoms with E-state index in [4.69, 9.17) is 0 Å². The standard InChI is InChI=1S/C11H8F4N4/c1-16-5-9-10(18-19-17-9)6-2-7(11(13,14)15)4-8(12)3-6/h2-5H,1H3,(H,17,18,19)/b16-5+. The predicted molar refractivity (Wildman–Crippen MR) is 60.3 cm³/mol. The van der Waals surface area contributed by atoms with Gasteiger partial charge in [0.25, 0.3) is 0 Å². The number of aromatic nitrogens is 3. The molecule has 0 atom stereocenters. The van der Waals surface area contributed by atoms with Crippen LogP contribution in [-0.4, -0.2) is 28.7 Å². The Labute approximate surface area is 105 Å². The molecule has 0 aliphatic carbocycles. The van der Waals surface area contributed by atoms with Gasteiger partial charge in [0.2, 0.25) is 0 Å². The van der Waals surface area contributed by atoms with Crippen molar-refractivity contribution in [2.75, 3.05) is 7.05 Å². The maximum absolute atomic E-state index is 13.3. The summed E-state index contributed by atoms with van der Waals surface area (Å²) in [5.74, 6) is -0.993. The fourth-order valence-electron chi connectivity index (χ4n) is 1.56. The highest BCUT2D eigenvalue weighted by Crippen LogP contribution is 2.33. The summed E-state index contributed by atoms with van der Waals surface area (Å²) < 4.78 is 51.1. The Morgan fingerprint density at radius 2 is 2.00 bits per heavy atom. The smallest absolute Gasteiger partial charge is 0.294 e. The molecule has 1 aromatic carbocycles. The summed E-state index contributed by atoms with van der Waals surface area (Å²) in [6, 6.07) is 2.20. The first kappa shape index (κ1) is 13.2. The zero-order chi connectivity index (χ0) is 14.0. The second-order valence-corrected chi connectivity index (χ2v) is 3.69. The molecule has 0 bridgehead atoms. The minimum Gasteiger partial charge on any atom is -0.294 e. The second kappa shape index (κ2) is 4.79. The number of hydrogen-bond acceptors (Lipinski definition) is 3. The maximum Gasteiger partial charge on any atom is 0.416 e. The van der Waals surface area contributed by atoms with Crippen LogP contribution in [0.15, 0.2) is 23.2 Å². The molecule has 0 saturated carbocycles. The van der Waals surface area contributed by atoms with Crippen molar-refractivity contribution < 1.29 is 17.6 Å². The number of H-pyrrole nitrogens is 1. The number of nitrogens with one attached hydrogen (secondary N) is 1. The Kier molecular flexibility index (Phi) is 3.32. The van der Waals surface area contributed by atoms with Crippen LogP contribution in [0.1, 0.15) is 11.3 Å². The quantitative estimate of drug-likeness (QED) is 0.675. The molecule has 1 N–H and O–H groups in total. The first-order chi connectivity index (χ1) is 8.91. The molecule has 0 radical (unpaired) electrons. The van der Waals surface area contributed by atoms with Gasteiger partial charge in [-0.1, -0.05) is 5.21 Å². The third kappa shape index (κ3) is 2.78. The number of nitrogens with zero attached hydrogens (tertiary/aromatic N) is 3. The lowest BCUT2D eigenvalue weighted by atomic mass is 10.1. The number of alkyl halides is 3. The molecule has 0 aliphatic rings. The van der Waals surface area contributed by atoms with Crippen molar-refractivity contribution in [2.24, 2.45) is 4.99 Å². The Morgan fingerprint density at radius 1 is 1.26 bits per heavy atom. The van der Waals surface area contributed by atoms with Gasteiger partial charge in [0.1, 0.15) is 17.2 Å². The van der Waals surface area contributed by atoms with Gasteiger partial charge in [-0.05, 0) is 18.2 Å². The van der Waals surface area contributed by atoms with Gasteiger partial charge in [-0.25, -0.2) is 4.39 Å². The average molecular weight is 272 g/mol. The molecule has 0 saturated heterocycles. The molecule has 0 amide bonds. The largest absolute Gasteiger partial charge is 0.416 e. The van der Waals surface area contributed by atoms with Gasteiger partial charge in [-0.3, -0.25) is 10.1 Å². The molecule has 0 aliphatic heterocycles. The summed E-state index contributed by atoms with van der Waals surface area (Å²) in [5, 5.41) is 9.58. The second-order valence-electron chi connectivity index (χ2n) is 3.69. The first-order valence-corrected chi connectivity index (χ1v) is 5.13. The number of halogens is 4. The lowest BCUT2D eigenvalue weighted by Gasteiger charge is -2.08. The third-order valence-electron chi connectivity index (χ3n) is 2.33. The van der Waals surface area contributed by atoms with Crippen LogP contribution in [0, 0.1) is 5.82 Å². The van der Waals surface area contributed by atoms with Crippen LogP contribution < -0.4 is 0 Å². The molecule has 8 heteroatoms. The third-order valence-corrected chi connectivity index (χ3v) is 2.33. The summed E-state index contributed by atoms with van der Waals surface area (Å²) >= 11 is 0. The van der Waals surface area contributed by atoms with Gasteiger partial charge in [0.15, 0.2) is 0 Å². The summed E-state index contributed by atoms with van der Waals surface area (Å²) in [6.07, 6.45) is -3.28. The molecule has 0 fully saturated rings. The SMILES string of the molecule is C/N=C/c1[nH]nnc1-c1cc(F)cc(C(F)(F)F)c1. The van der Waals surface area contributed by atoms with Crippen LogP contribution in [0.25, 0.3) is 11.3 Å². The monoisotopic (exact) mass is 272 g/mol. The van der Waals surface area contributed by atoms with E-state index in [0.29, 0.717) is 11.8 Å². The molecule has 19 heavy (non-hydrogen) atoms. The summed E-state index contributed by atoms with van der Waals surface area (Å²) in [6.45, 7) is 0. The van der Waals surface area contributed by atoms with Crippen molar-refractivity contribution in [1.82, 2.24) is 15.4 Å². The van der Waals surface area contributed by atoms with Gasteiger partial charge >= 0.3 is 6.18 Å². The van der Waals surface area contributed by atoms with Crippen LogP contribution in [-0.2, 0) is 6.18 Å². The number of aromatic amines is 1. The van der Waals surface area contributed by atoms with Crippen LogP contribution in [0.4, 0.5) is 17.6 Å². The van der Waals surface area contributed by atoms with Gasteiger partial charge < -0.3 is 0 Å². The van der Waals surface area contributed by atoms with E-state index < -0.39 is 17.6 Å². The van der Waals surface area contributed by atoms with E-state index in [0.717, 1.165) is 12.1 Å². The van der Waals surface area contributed by atoms with E-state index in [9.17, 15) is 17.6 Å². The van der Waals surface area contributed by atoms with Crippen LogP contribution >= 0.6 is 0 Å². The zero-order valence-corrected chi connectivity index (χ0v) is 9.66. The van der Waals surface area contributed by atoms with E-state index in [1.807, 2.05) is 0 Å². The predicted octanol–water partition coefficient (Wildman–Crippen LogP) is 2.68. The van der Waals surface area contributed by atoms with Crippen molar-refractivity contribution in [3.05, 3.63) is 35.3 Å². The Morgan fingerprint density at radius 3 is 2.63 bits per heavy atom. The minimum absolute atomic E-state index is 0.0176. The lowest BCUT2D eigenvalue weighted by molar-refractivity contribution is -0.137. The van der Waals surface area contributed by atoms with Gasteiger partial charge in [0.05, 0.1) is 5.56 Å². The molecule has 2 aromatic rings. The Hall–Kier alpha value is -2.25. The van der Waals surface area contributed by atoms with E-state index >= 15 is 0 Å². The van der Waals surface area contributed by atoms with Crippen LogP contribution in [0.3, 0.4) is 0 Å². The van der Waals surface area contributed by atoms with Crippen molar-refractivity contribution in [2.45, 2.75) is 6.18 Å². The number of aliphatic imine (C=N–C) groups is 1. The van der Waals surface area contributed by atoms with E-state index in [2.05, 4.69) is 20.4 Å². The first-order valence-electron chi connectivity index (χ1n) is 5.13. The number of benzene rings is 1.